The Labute approximate surface area is 294 Å². The van der Waals surface area contributed by atoms with Gasteiger partial charge in [-0.25, -0.2) is 26.3 Å². The SMILES string of the molecule is CCCCNCc1c(-c2cc(F)c(F)c(F)c2)cc2ccccc2c1-c1c2c(cc(-c3cc(F)c(F)c(F)c3)c1COCCCC)C=CCC=C2. The Morgan fingerprint density at radius 1 is 0.667 bits per heavy atom. The molecule has 0 bridgehead atoms. The molecule has 0 fully saturated rings. The van der Waals surface area contributed by atoms with Crippen LogP contribution < -0.4 is 5.32 Å². The second-order valence-corrected chi connectivity index (χ2v) is 12.8. The number of hydrogen-bond acceptors (Lipinski definition) is 2. The van der Waals surface area contributed by atoms with Crippen LogP contribution in [0.2, 0.25) is 0 Å². The van der Waals surface area contributed by atoms with Crippen molar-refractivity contribution >= 4 is 22.9 Å². The Morgan fingerprint density at radius 2 is 1.27 bits per heavy atom. The lowest BCUT2D eigenvalue weighted by atomic mass is 9.80. The molecule has 1 aliphatic rings. The second kappa shape index (κ2) is 16.1. The molecule has 0 aromatic heterocycles. The molecule has 5 aromatic rings. The molecule has 8 heteroatoms. The van der Waals surface area contributed by atoms with E-state index in [9.17, 15) is 26.3 Å². The predicted octanol–water partition coefficient (Wildman–Crippen LogP) is 12.3. The largest absolute Gasteiger partial charge is 0.377 e. The Kier molecular flexibility index (Phi) is 11.4. The van der Waals surface area contributed by atoms with Gasteiger partial charge in [0, 0.05) is 13.2 Å². The van der Waals surface area contributed by atoms with Gasteiger partial charge in [-0.3, -0.25) is 0 Å². The van der Waals surface area contributed by atoms with E-state index in [4.69, 9.17) is 4.74 Å². The van der Waals surface area contributed by atoms with Crippen molar-refractivity contribution in [2.75, 3.05) is 13.2 Å². The van der Waals surface area contributed by atoms with Gasteiger partial charge in [-0.1, -0.05) is 75.3 Å². The molecule has 51 heavy (non-hydrogen) atoms. The number of allylic oxidation sites excluding steroid dienone is 2. The van der Waals surface area contributed by atoms with Crippen molar-refractivity contribution in [3.8, 4) is 33.4 Å². The van der Waals surface area contributed by atoms with Crippen LogP contribution in [0.5, 0.6) is 0 Å². The summed E-state index contributed by atoms with van der Waals surface area (Å²) in [5.41, 5.74) is 5.57. The van der Waals surface area contributed by atoms with Crippen LogP contribution in [0.25, 0.3) is 56.3 Å². The maximum Gasteiger partial charge on any atom is 0.194 e. The summed E-state index contributed by atoms with van der Waals surface area (Å²) in [4.78, 5) is 0. The summed E-state index contributed by atoms with van der Waals surface area (Å²) in [7, 11) is 0. The zero-order valence-corrected chi connectivity index (χ0v) is 28.6. The van der Waals surface area contributed by atoms with Crippen molar-refractivity contribution in [1.29, 1.82) is 0 Å². The summed E-state index contributed by atoms with van der Waals surface area (Å²) in [6, 6.07) is 15.3. The van der Waals surface area contributed by atoms with Gasteiger partial charge in [0.1, 0.15) is 0 Å². The standard InChI is InChI=1S/C43H39F6NO/c1-3-5-16-50-24-34-32(28-20-36(44)42(48)37(45)21-28)18-27-13-10-11-15-30(27)40(34)41-31-14-9-7-8-12-26(31)19-33(35(41)25-51-17-6-4-2)29-22-38(46)43(49)39(47)23-29/h8-15,18-23,50H,3-7,16-17,24-25H2,1-2H3. The van der Waals surface area contributed by atoms with E-state index < -0.39 is 34.9 Å². The summed E-state index contributed by atoms with van der Waals surface area (Å²) in [6.45, 7) is 5.54. The van der Waals surface area contributed by atoms with Crippen LogP contribution >= 0.6 is 0 Å². The van der Waals surface area contributed by atoms with E-state index in [1.54, 1.807) is 0 Å². The van der Waals surface area contributed by atoms with Gasteiger partial charge in [-0.2, -0.15) is 0 Å². The van der Waals surface area contributed by atoms with E-state index in [1.165, 1.54) is 0 Å². The molecule has 0 atom stereocenters. The van der Waals surface area contributed by atoms with Crippen LogP contribution in [0.15, 0.2) is 72.8 Å². The first-order chi connectivity index (χ1) is 24.7. The summed E-state index contributed by atoms with van der Waals surface area (Å²) < 4.78 is 94.3. The number of ether oxygens (including phenoxy) is 1. The van der Waals surface area contributed by atoms with Gasteiger partial charge in [0.2, 0.25) is 0 Å². The molecule has 1 aliphatic carbocycles. The zero-order valence-electron chi connectivity index (χ0n) is 28.6. The highest BCUT2D eigenvalue weighted by molar-refractivity contribution is 6.06. The van der Waals surface area contributed by atoms with E-state index in [2.05, 4.69) is 12.2 Å². The number of halogens is 6. The Bertz CT molecular complexity index is 2090. The maximum atomic E-state index is 14.9. The number of benzene rings is 5. The minimum Gasteiger partial charge on any atom is -0.377 e. The van der Waals surface area contributed by atoms with E-state index in [-0.39, 0.29) is 24.3 Å². The van der Waals surface area contributed by atoms with Crippen LogP contribution in [-0.2, 0) is 17.9 Å². The molecule has 0 heterocycles. The smallest absolute Gasteiger partial charge is 0.194 e. The van der Waals surface area contributed by atoms with Crippen molar-refractivity contribution in [3.05, 3.63) is 130 Å². The fourth-order valence-corrected chi connectivity index (χ4v) is 6.71. The first-order valence-corrected chi connectivity index (χ1v) is 17.4. The average molecular weight is 700 g/mol. The fraction of sp³-hybridized carbons (Fsp3) is 0.256. The van der Waals surface area contributed by atoms with Gasteiger partial charge in [0.05, 0.1) is 6.61 Å². The third-order valence-corrected chi connectivity index (χ3v) is 9.26. The monoisotopic (exact) mass is 699 g/mol. The summed E-state index contributed by atoms with van der Waals surface area (Å²) in [6.07, 6.45) is 12.1. The topological polar surface area (TPSA) is 21.3 Å². The summed E-state index contributed by atoms with van der Waals surface area (Å²) in [5, 5.41) is 5.08. The summed E-state index contributed by atoms with van der Waals surface area (Å²) in [5.74, 6) is -8.36. The zero-order chi connectivity index (χ0) is 36.1. The van der Waals surface area contributed by atoms with Gasteiger partial charge in [-0.05, 0) is 129 Å². The first kappa shape index (κ1) is 36.1. The molecule has 2 nitrogen and oxygen atoms in total. The van der Waals surface area contributed by atoms with Crippen LogP contribution in [0, 0.1) is 34.9 Å². The summed E-state index contributed by atoms with van der Waals surface area (Å²) >= 11 is 0. The van der Waals surface area contributed by atoms with Crippen LogP contribution in [0.4, 0.5) is 26.3 Å². The van der Waals surface area contributed by atoms with Crippen LogP contribution in [0.3, 0.4) is 0 Å². The maximum absolute atomic E-state index is 14.9. The van der Waals surface area contributed by atoms with Gasteiger partial charge < -0.3 is 10.1 Å². The predicted molar refractivity (Wildman–Crippen MR) is 194 cm³/mol. The van der Waals surface area contributed by atoms with Gasteiger partial charge in [0.15, 0.2) is 34.9 Å². The molecule has 6 rings (SSSR count). The van der Waals surface area contributed by atoms with Crippen LogP contribution in [-0.4, -0.2) is 13.2 Å². The lowest BCUT2D eigenvalue weighted by Crippen LogP contribution is -2.17. The van der Waals surface area contributed by atoms with E-state index in [1.807, 2.05) is 67.6 Å². The van der Waals surface area contributed by atoms with E-state index >= 15 is 0 Å². The highest BCUT2D eigenvalue weighted by Gasteiger charge is 2.26. The Balaban J connectivity index is 1.78. The fourth-order valence-electron chi connectivity index (χ4n) is 6.71. The van der Waals surface area contributed by atoms with Crippen molar-refractivity contribution in [3.63, 3.8) is 0 Å². The van der Waals surface area contributed by atoms with Crippen molar-refractivity contribution in [2.45, 2.75) is 59.1 Å². The molecule has 0 aliphatic heterocycles. The Morgan fingerprint density at radius 3 is 1.92 bits per heavy atom. The molecule has 0 amide bonds. The Hall–Kier alpha value is -4.66. The number of hydrogen-bond donors (Lipinski definition) is 1. The first-order valence-electron chi connectivity index (χ1n) is 17.4. The van der Waals surface area contributed by atoms with Gasteiger partial charge >= 0.3 is 0 Å². The second-order valence-electron chi connectivity index (χ2n) is 12.8. The van der Waals surface area contributed by atoms with Crippen molar-refractivity contribution < 1.29 is 31.1 Å². The molecule has 0 unspecified atom stereocenters. The normalized spacial score (nSPS) is 12.5. The number of unbranched alkanes of at least 4 members (excludes halogenated alkanes) is 2. The molecule has 0 radical (unpaired) electrons. The number of fused-ring (bicyclic) bond motifs is 2. The third-order valence-electron chi connectivity index (χ3n) is 9.26. The lowest BCUT2D eigenvalue weighted by molar-refractivity contribution is 0.118. The molecule has 5 aromatic carbocycles. The van der Waals surface area contributed by atoms with Crippen LogP contribution in [0.1, 0.15) is 68.2 Å². The number of rotatable bonds is 13. The van der Waals surface area contributed by atoms with Gasteiger partial charge in [-0.15, -0.1) is 0 Å². The minimum atomic E-state index is -1.56. The molecule has 0 spiro atoms. The number of nitrogens with one attached hydrogen (secondary N) is 1. The molecule has 0 saturated carbocycles. The van der Waals surface area contributed by atoms with E-state index in [0.717, 1.165) is 77.4 Å². The molecule has 1 N–H and O–H groups in total. The van der Waals surface area contributed by atoms with Gasteiger partial charge in [0.25, 0.3) is 0 Å². The lowest BCUT2D eigenvalue weighted by Gasteiger charge is -2.26. The third kappa shape index (κ3) is 7.53. The molecule has 0 saturated heterocycles. The van der Waals surface area contributed by atoms with E-state index in [0.29, 0.717) is 47.4 Å². The average Bonchev–Trinajstić information content (AvgIpc) is 3.37. The van der Waals surface area contributed by atoms with Crippen molar-refractivity contribution in [1.82, 2.24) is 5.32 Å². The quantitative estimate of drug-likeness (QED) is 0.0750. The highest BCUT2D eigenvalue weighted by Crippen LogP contribution is 2.47. The minimum absolute atomic E-state index is 0.0528. The molecule has 264 valence electrons. The molecular weight excluding hydrogens is 660 g/mol. The van der Waals surface area contributed by atoms with Crippen molar-refractivity contribution in [2.24, 2.45) is 0 Å². The highest BCUT2D eigenvalue weighted by atomic mass is 19.2. The molecular formula is C43H39F6NO.